The van der Waals surface area contributed by atoms with Gasteiger partial charge in [-0.2, -0.15) is 0 Å². The van der Waals surface area contributed by atoms with Crippen LogP contribution in [0.3, 0.4) is 0 Å². The first-order chi connectivity index (χ1) is 8.66. The number of fused-ring (bicyclic) bond motifs is 1. The van der Waals surface area contributed by atoms with Crippen LogP contribution in [-0.4, -0.2) is 37.0 Å². The van der Waals surface area contributed by atoms with Gasteiger partial charge in [-0.25, -0.2) is 0 Å². The molecule has 19 heavy (non-hydrogen) atoms. The average Bonchev–Trinajstić information content (AvgIpc) is 2.92. The van der Waals surface area contributed by atoms with E-state index >= 15 is 0 Å². The van der Waals surface area contributed by atoms with Crippen molar-refractivity contribution in [2.45, 2.75) is 13.8 Å². The van der Waals surface area contributed by atoms with E-state index in [1.807, 2.05) is 24.0 Å². The maximum absolute atomic E-state index is 12.6. The number of aryl methyl sites for hydroxylation is 1. The van der Waals surface area contributed by atoms with Crippen molar-refractivity contribution in [2.24, 2.45) is 11.8 Å². The molecule has 2 aliphatic rings. The van der Waals surface area contributed by atoms with E-state index in [2.05, 4.69) is 18.3 Å². The smallest absolute Gasteiger partial charge is 0.254 e. The molecule has 0 radical (unpaired) electrons. The van der Waals surface area contributed by atoms with Gasteiger partial charge < -0.3 is 10.2 Å². The van der Waals surface area contributed by atoms with Crippen LogP contribution in [0.4, 0.5) is 0 Å². The van der Waals surface area contributed by atoms with Crippen LogP contribution in [-0.2, 0) is 0 Å². The number of likely N-dealkylation sites (tertiary alicyclic amines) is 1. The van der Waals surface area contributed by atoms with Crippen molar-refractivity contribution in [3.8, 4) is 0 Å². The molecule has 3 nitrogen and oxygen atoms in total. The molecule has 0 bridgehead atoms. The molecule has 4 heteroatoms. The Labute approximate surface area is 120 Å². The second kappa shape index (κ2) is 5.51. The van der Waals surface area contributed by atoms with Gasteiger partial charge in [0.15, 0.2) is 0 Å². The third kappa shape index (κ3) is 2.49. The molecule has 1 aromatic rings. The minimum Gasteiger partial charge on any atom is -0.338 e. The summed E-state index contributed by atoms with van der Waals surface area (Å²) in [6.07, 6.45) is 0. The molecule has 104 valence electrons. The second-order valence-corrected chi connectivity index (χ2v) is 5.64. The fraction of sp³-hybridized carbons (Fsp3) is 0.533. The van der Waals surface area contributed by atoms with E-state index in [9.17, 15) is 4.79 Å². The van der Waals surface area contributed by atoms with E-state index in [-0.39, 0.29) is 18.3 Å². The molecule has 0 aromatic heterocycles. The zero-order valence-corrected chi connectivity index (χ0v) is 12.3. The third-order valence-corrected chi connectivity index (χ3v) is 4.51. The van der Waals surface area contributed by atoms with Crippen LogP contribution in [0, 0.1) is 25.7 Å². The van der Waals surface area contributed by atoms with E-state index in [1.165, 1.54) is 5.56 Å². The molecule has 1 amide bonds. The number of halogens is 1. The van der Waals surface area contributed by atoms with Gasteiger partial charge in [0.2, 0.25) is 0 Å². The molecule has 2 heterocycles. The van der Waals surface area contributed by atoms with Crippen molar-refractivity contribution in [3.05, 3.63) is 34.9 Å². The lowest BCUT2D eigenvalue weighted by Crippen LogP contribution is -2.32. The van der Waals surface area contributed by atoms with E-state index in [4.69, 9.17) is 0 Å². The van der Waals surface area contributed by atoms with Crippen molar-refractivity contribution in [2.75, 3.05) is 26.2 Å². The largest absolute Gasteiger partial charge is 0.338 e. The van der Waals surface area contributed by atoms with Gasteiger partial charge >= 0.3 is 0 Å². The highest BCUT2D eigenvalue weighted by Crippen LogP contribution is 2.28. The number of nitrogens with one attached hydrogen (secondary N) is 1. The van der Waals surface area contributed by atoms with Crippen molar-refractivity contribution >= 4 is 18.3 Å². The molecule has 3 rings (SSSR count). The van der Waals surface area contributed by atoms with Crippen LogP contribution >= 0.6 is 12.4 Å². The summed E-state index contributed by atoms with van der Waals surface area (Å²) in [5.74, 6) is 1.55. The highest BCUT2D eigenvalue weighted by atomic mass is 35.5. The summed E-state index contributed by atoms with van der Waals surface area (Å²) in [6.45, 7) is 8.09. The Morgan fingerprint density at radius 1 is 1.21 bits per heavy atom. The lowest BCUT2D eigenvalue weighted by atomic mass is 10.0. The molecule has 0 saturated carbocycles. The Balaban J connectivity index is 0.00000133. The molecular weight excluding hydrogens is 260 g/mol. The minimum atomic E-state index is 0. The molecule has 2 fully saturated rings. The quantitative estimate of drug-likeness (QED) is 0.854. The first-order valence-corrected chi connectivity index (χ1v) is 6.73. The summed E-state index contributed by atoms with van der Waals surface area (Å²) < 4.78 is 0. The van der Waals surface area contributed by atoms with Crippen LogP contribution in [0.1, 0.15) is 21.5 Å². The topological polar surface area (TPSA) is 32.3 Å². The summed E-state index contributed by atoms with van der Waals surface area (Å²) in [5, 5.41) is 3.41. The molecule has 0 spiro atoms. The Morgan fingerprint density at radius 2 is 1.84 bits per heavy atom. The predicted molar refractivity (Wildman–Crippen MR) is 78.9 cm³/mol. The molecule has 0 unspecified atom stereocenters. The van der Waals surface area contributed by atoms with Crippen LogP contribution < -0.4 is 5.32 Å². The fourth-order valence-corrected chi connectivity index (χ4v) is 3.17. The summed E-state index contributed by atoms with van der Waals surface area (Å²) in [6, 6.07) is 6.00. The van der Waals surface area contributed by atoms with Crippen LogP contribution in [0.25, 0.3) is 0 Å². The third-order valence-electron chi connectivity index (χ3n) is 4.51. The van der Waals surface area contributed by atoms with E-state index in [0.29, 0.717) is 11.8 Å². The number of rotatable bonds is 1. The first kappa shape index (κ1) is 14.4. The number of carbonyl (C=O) groups excluding carboxylic acids is 1. The Hall–Kier alpha value is -1.06. The molecule has 2 saturated heterocycles. The predicted octanol–water partition coefficient (Wildman–Crippen LogP) is 2.02. The van der Waals surface area contributed by atoms with Gasteiger partial charge in [-0.3, -0.25) is 4.79 Å². The lowest BCUT2D eigenvalue weighted by molar-refractivity contribution is 0.0781. The van der Waals surface area contributed by atoms with Gasteiger partial charge in [-0.1, -0.05) is 12.1 Å². The van der Waals surface area contributed by atoms with Gasteiger partial charge in [0.05, 0.1) is 0 Å². The van der Waals surface area contributed by atoms with Gasteiger partial charge in [-0.15, -0.1) is 12.4 Å². The number of carbonyl (C=O) groups is 1. The molecule has 2 atom stereocenters. The standard InChI is InChI=1S/C15H20N2O.ClH/c1-10-4-3-5-14(11(10)2)15(18)17-8-12-6-16-7-13(12)9-17;/h3-5,12-13,16H,6-9H2,1-2H3;1H/t12-,13+;. The summed E-state index contributed by atoms with van der Waals surface area (Å²) >= 11 is 0. The van der Waals surface area contributed by atoms with Crippen LogP contribution in [0.2, 0.25) is 0 Å². The van der Waals surface area contributed by atoms with Crippen LogP contribution in [0.15, 0.2) is 18.2 Å². The minimum absolute atomic E-state index is 0. The zero-order chi connectivity index (χ0) is 12.7. The molecule has 0 aliphatic carbocycles. The molecular formula is C15H21ClN2O. The van der Waals surface area contributed by atoms with Gasteiger partial charge in [0.1, 0.15) is 0 Å². The Bertz CT molecular complexity index is 477. The van der Waals surface area contributed by atoms with E-state index < -0.39 is 0 Å². The zero-order valence-electron chi connectivity index (χ0n) is 11.5. The number of amides is 1. The monoisotopic (exact) mass is 280 g/mol. The highest BCUT2D eigenvalue weighted by Gasteiger charge is 2.38. The Morgan fingerprint density at radius 3 is 2.47 bits per heavy atom. The van der Waals surface area contributed by atoms with Crippen molar-refractivity contribution in [1.82, 2.24) is 10.2 Å². The average molecular weight is 281 g/mol. The van der Waals surface area contributed by atoms with Gasteiger partial charge in [-0.05, 0) is 42.9 Å². The summed E-state index contributed by atoms with van der Waals surface area (Å²) in [5.41, 5.74) is 3.20. The van der Waals surface area contributed by atoms with Crippen molar-refractivity contribution in [1.29, 1.82) is 0 Å². The maximum atomic E-state index is 12.6. The number of hydrogen-bond acceptors (Lipinski definition) is 2. The maximum Gasteiger partial charge on any atom is 0.254 e. The molecule has 1 N–H and O–H groups in total. The van der Waals surface area contributed by atoms with Gasteiger partial charge in [0, 0.05) is 31.7 Å². The van der Waals surface area contributed by atoms with E-state index in [1.54, 1.807) is 0 Å². The Kier molecular flexibility index (Phi) is 4.16. The van der Waals surface area contributed by atoms with Gasteiger partial charge in [0.25, 0.3) is 5.91 Å². The van der Waals surface area contributed by atoms with Crippen molar-refractivity contribution in [3.63, 3.8) is 0 Å². The van der Waals surface area contributed by atoms with E-state index in [0.717, 1.165) is 37.3 Å². The second-order valence-electron chi connectivity index (χ2n) is 5.64. The highest BCUT2D eigenvalue weighted by molar-refractivity contribution is 5.96. The number of nitrogens with zero attached hydrogens (tertiary/aromatic N) is 1. The number of hydrogen-bond donors (Lipinski definition) is 1. The molecule has 2 aliphatic heterocycles. The lowest BCUT2D eigenvalue weighted by Gasteiger charge is -2.19. The molecule has 1 aromatic carbocycles. The fourth-order valence-electron chi connectivity index (χ4n) is 3.17. The summed E-state index contributed by atoms with van der Waals surface area (Å²) in [7, 11) is 0. The van der Waals surface area contributed by atoms with Crippen LogP contribution in [0.5, 0.6) is 0 Å². The normalized spacial score (nSPS) is 25.1. The SMILES string of the molecule is Cc1cccc(C(=O)N2C[C@H]3CNC[C@H]3C2)c1C.Cl. The summed E-state index contributed by atoms with van der Waals surface area (Å²) in [4.78, 5) is 14.6. The number of benzene rings is 1. The van der Waals surface area contributed by atoms with Crippen molar-refractivity contribution < 1.29 is 4.79 Å². The first-order valence-electron chi connectivity index (χ1n) is 6.73.